The molecule has 0 bridgehead atoms. The molecule has 2 aromatic carbocycles. The number of isocyanates is 1. The number of amides is 1. The van der Waals surface area contributed by atoms with Gasteiger partial charge >= 0.3 is 6.09 Å². The van der Waals surface area contributed by atoms with E-state index < -0.39 is 11.7 Å². The van der Waals surface area contributed by atoms with Gasteiger partial charge in [0.2, 0.25) is 6.08 Å². The number of carbonyl (C=O) groups is 1. The lowest BCUT2D eigenvalue weighted by Gasteiger charge is -2.27. The van der Waals surface area contributed by atoms with Crippen LogP contribution < -0.4 is 5.32 Å². The van der Waals surface area contributed by atoms with Crippen molar-refractivity contribution >= 4 is 23.5 Å². The molecule has 0 unspecified atom stereocenters. The maximum atomic E-state index is 12.3. The van der Waals surface area contributed by atoms with Gasteiger partial charge in [0.1, 0.15) is 5.60 Å². The Morgan fingerprint density at radius 2 is 1.85 bits per heavy atom. The van der Waals surface area contributed by atoms with Gasteiger partial charge in [-0.05, 0) is 60.7 Å². The third-order valence-corrected chi connectivity index (χ3v) is 4.53. The van der Waals surface area contributed by atoms with Crippen molar-refractivity contribution in [1.82, 2.24) is 0 Å². The van der Waals surface area contributed by atoms with Gasteiger partial charge in [-0.3, -0.25) is 5.32 Å². The molecule has 27 heavy (non-hydrogen) atoms. The van der Waals surface area contributed by atoms with Crippen molar-refractivity contribution in [1.29, 1.82) is 0 Å². The van der Waals surface area contributed by atoms with E-state index in [2.05, 4.69) is 16.9 Å². The van der Waals surface area contributed by atoms with Crippen LogP contribution in [0.2, 0.25) is 0 Å². The van der Waals surface area contributed by atoms with E-state index in [1.165, 1.54) is 0 Å². The van der Waals surface area contributed by atoms with E-state index in [0.29, 0.717) is 30.6 Å². The van der Waals surface area contributed by atoms with Gasteiger partial charge in [-0.25, -0.2) is 9.59 Å². The van der Waals surface area contributed by atoms with Crippen molar-refractivity contribution in [3.8, 4) is 0 Å². The van der Waals surface area contributed by atoms with Crippen LogP contribution in [-0.4, -0.2) is 17.8 Å². The van der Waals surface area contributed by atoms with Crippen molar-refractivity contribution < 1.29 is 14.3 Å². The number of rotatable bonds is 8. The largest absolute Gasteiger partial charge is 0.438 e. The van der Waals surface area contributed by atoms with E-state index in [1.807, 2.05) is 56.3 Å². The van der Waals surface area contributed by atoms with Gasteiger partial charge in [-0.1, -0.05) is 44.7 Å². The number of carbonyl (C=O) groups excluding carboxylic acids is 2. The van der Waals surface area contributed by atoms with Crippen LogP contribution in [0.15, 0.2) is 66.2 Å². The summed E-state index contributed by atoms with van der Waals surface area (Å²) in [5.74, 6) is 0. The number of hydrogen-bond acceptors (Lipinski definition) is 4. The second-order valence-electron chi connectivity index (χ2n) is 6.24. The zero-order chi connectivity index (χ0) is 19.7. The SMILES string of the molecule is C=CC(CC)(CC)OC(=O)Nc1cccc(Cc2cccc(N=C=O)c2)c1. The first-order valence-corrected chi connectivity index (χ1v) is 8.93. The molecule has 1 amide bonds. The highest BCUT2D eigenvalue weighted by Gasteiger charge is 2.26. The van der Waals surface area contributed by atoms with Crippen molar-refractivity contribution in [2.75, 3.05) is 5.32 Å². The van der Waals surface area contributed by atoms with Crippen molar-refractivity contribution in [2.45, 2.75) is 38.7 Å². The molecule has 0 aliphatic rings. The summed E-state index contributed by atoms with van der Waals surface area (Å²) in [5.41, 5.74) is 2.60. The maximum Gasteiger partial charge on any atom is 0.412 e. The lowest BCUT2D eigenvalue weighted by molar-refractivity contribution is 0.0514. The fourth-order valence-electron chi connectivity index (χ4n) is 2.84. The van der Waals surface area contributed by atoms with Crippen LogP contribution in [0.25, 0.3) is 0 Å². The summed E-state index contributed by atoms with van der Waals surface area (Å²) in [5, 5.41) is 2.78. The molecule has 0 saturated heterocycles. The molecule has 0 heterocycles. The Labute approximate surface area is 159 Å². The van der Waals surface area contributed by atoms with E-state index in [0.717, 1.165) is 11.1 Å². The van der Waals surface area contributed by atoms with Crippen LogP contribution in [0.3, 0.4) is 0 Å². The zero-order valence-electron chi connectivity index (χ0n) is 15.7. The molecule has 0 aromatic heterocycles. The van der Waals surface area contributed by atoms with Gasteiger partial charge < -0.3 is 4.74 Å². The number of nitrogens with one attached hydrogen (secondary N) is 1. The third-order valence-electron chi connectivity index (χ3n) is 4.53. The first-order chi connectivity index (χ1) is 13.0. The number of hydrogen-bond donors (Lipinski definition) is 1. The Morgan fingerprint density at radius 3 is 2.48 bits per heavy atom. The molecule has 0 spiro atoms. The van der Waals surface area contributed by atoms with Crippen molar-refractivity contribution in [2.24, 2.45) is 4.99 Å². The summed E-state index contributed by atoms with van der Waals surface area (Å²) in [6.07, 6.45) is 4.70. The first kappa shape index (κ1) is 20.1. The van der Waals surface area contributed by atoms with Crippen LogP contribution in [0.1, 0.15) is 37.8 Å². The van der Waals surface area contributed by atoms with Crippen LogP contribution in [0, 0.1) is 0 Å². The molecule has 0 radical (unpaired) electrons. The van der Waals surface area contributed by atoms with Gasteiger partial charge in [0, 0.05) is 5.69 Å². The number of nitrogens with zero attached hydrogens (tertiary/aromatic N) is 1. The molecule has 0 atom stereocenters. The van der Waals surface area contributed by atoms with Gasteiger partial charge in [0.25, 0.3) is 0 Å². The minimum absolute atomic E-state index is 0.502. The Hall–Kier alpha value is -3.17. The average molecular weight is 364 g/mol. The van der Waals surface area contributed by atoms with Crippen LogP contribution in [-0.2, 0) is 16.0 Å². The standard InChI is InChI=1S/C22H24N2O3/c1-4-22(5-2,6-3)27-21(26)24-20-12-8-10-18(15-20)13-17-9-7-11-19(14-17)23-16-25/h4,7-12,14-15H,1,5-6,13H2,2-3H3,(H,24,26). The second-order valence-corrected chi connectivity index (χ2v) is 6.24. The summed E-state index contributed by atoms with van der Waals surface area (Å²) < 4.78 is 5.57. The summed E-state index contributed by atoms with van der Waals surface area (Å²) in [7, 11) is 0. The van der Waals surface area contributed by atoms with Crippen molar-refractivity contribution in [3.63, 3.8) is 0 Å². The number of ether oxygens (including phenoxy) is 1. The number of benzene rings is 2. The highest BCUT2D eigenvalue weighted by molar-refractivity contribution is 5.85. The first-order valence-electron chi connectivity index (χ1n) is 8.93. The molecule has 0 aliphatic carbocycles. The van der Waals surface area contributed by atoms with E-state index in [4.69, 9.17) is 4.74 Å². The van der Waals surface area contributed by atoms with Gasteiger partial charge in [0.05, 0.1) is 5.69 Å². The Balaban J connectivity index is 2.09. The monoisotopic (exact) mass is 364 g/mol. The Bertz CT molecular complexity index is 850. The molecule has 2 rings (SSSR count). The fourth-order valence-corrected chi connectivity index (χ4v) is 2.84. The summed E-state index contributed by atoms with van der Waals surface area (Å²) in [6.45, 7) is 7.70. The summed E-state index contributed by atoms with van der Waals surface area (Å²) >= 11 is 0. The number of aliphatic imine (C=N–C) groups is 1. The number of anilines is 1. The molecule has 0 aliphatic heterocycles. The maximum absolute atomic E-state index is 12.3. The zero-order valence-corrected chi connectivity index (χ0v) is 15.7. The molecule has 2 aromatic rings. The van der Waals surface area contributed by atoms with Gasteiger partial charge in [-0.2, -0.15) is 4.99 Å². The van der Waals surface area contributed by atoms with E-state index in [-0.39, 0.29) is 0 Å². The topological polar surface area (TPSA) is 67.8 Å². The Morgan fingerprint density at radius 1 is 1.19 bits per heavy atom. The second kappa shape index (κ2) is 9.51. The molecular weight excluding hydrogens is 340 g/mol. The summed E-state index contributed by atoms with van der Waals surface area (Å²) in [6, 6.07) is 14.9. The molecule has 0 fully saturated rings. The minimum atomic E-state index is -0.652. The highest BCUT2D eigenvalue weighted by Crippen LogP contribution is 2.23. The van der Waals surface area contributed by atoms with Gasteiger partial charge in [-0.15, -0.1) is 0 Å². The molecular formula is C22H24N2O3. The predicted octanol–water partition coefficient (Wildman–Crippen LogP) is 5.54. The minimum Gasteiger partial charge on any atom is -0.438 e. The van der Waals surface area contributed by atoms with Crippen LogP contribution in [0.4, 0.5) is 16.2 Å². The lowest BCUT2D eigenvalue weighted by Crippen LogP contribution is -2.33. The molecule has 1 N–H and O–H groups in total. The fraction of sp³-hybridized carbons (Fsp3) is 0.273. The normalized spacial score (nSPS) is 10.6. The molecule has 5 heteroatoms. The Kier molecular flexibility index (Phi) is 7.09. The van der Waals surface area contributed by atoms with Crippen LogP contribution in [0.5, 0.6) is 0 Å². The van der Waals surface area contributed by atoms with Crippen molar-refractivity contribution in [3.05, 3.63) is 72.3 Å². The molecule has 0 saturated carbocycles. The molecule has 5 nitrogen and oxygen atoms in total. The van der Waals surface area contributed by atoms with E-state index in [9.17, 15) is 9.59 Å². The quantitative estimate of drug-likeness (QED) is 0.380. The third kappa shape index (κ3) is 5.66. The molecule has 140 valence electrons. The lowest BCUT2D eigenvalue weighted by atomic mass is 9.98. The van der Waals surface area contributed by atoms with Crippen LogP contribution >= 0.6 is 0 Å². The average Bonchev–Trinajstić information content (AvgIpc) is 2.67. The highest BCUT2D eigenvalue weighted by atomic mass is 16.6. The van der Waals surface area contributed by atoms with E-state index in [1.54, 1.807) is 18.2 Å². The predicted molar refractivity (Wildman–Crippen MR) is 107 cm³/mol. The summed E-state index contributed by atoms with van der Waals surface area (Å²) in [4.78, 5) is 26.3. The van der Waals surface area contributed by atoms with Gasteiger partial charge in [0.15, 0.2) is 0 Å². The van der Waals surface area contributed by atoms with E-state index >= 15 is 0 Å². The smallest absolute Gasteiger partial charge is 0.412 e.